The molecule has 1 heterocycles. The van der Waals surface area contributed by atoms with Crippen LogP contribution in [0.4, 0.5) is 0 Å². The summed E-state index contributed by atoms with van der Waals surface area (Å²) in [5.41, 5.74) is 0.196. The predicted octanol–water partition coefficient (Wildman–Crippen LogP) is 2.41. The molecular formula is C9H16OS. The smallest absolute Gasteiger partial charge is 0.0798 e. The van der Waals surface area contributed by atoms with Crippen molar-refractivity contribution in [3.8, 4) is 0 Å². The molecule has 1 atom stereocenters. The lowest BCUT2D eigenvalue weighted by Crippen LogP contribution is -2.38. The highest BCUT2D eigenvalue weighted by Gasteiger charge is 2.42. The predicted molar refractivity (Wildman–Crippen MR) is 49.2 cm³/mol. The van der Waals surface area contributed by atoms with E-state index >= 15 is 0 Å². The Morgan fingerprint density at radius 1 is 1.18 bits per heavy atom. The van der Waals surface area contributed by atoms with Crippen LogP contribution in [0.5, 0.6) is 0 Å². The first-order valence-corrected chi connectivity index (χ1v) is 5.17. The van der Waals surface area contributed by atoms with Crippen LogP contribution in [-0.2, 0) is 4.74 Å². The fourth-order valence-corrected chi connectivity index (χ4v) is 2.80. The lowest BCUT2D eigenvalue weighted by atomic mass is 9.82. The number of ether oxygens (including phenoxy) is 1. The molecule has 2 aliphatic rings. The Morgan fingerprint density at radius 2 is 1.91 bits per heavy atom. The molecule has 1 aliphatic carbocycles. The molecule has 1 saturated carbocycles. The lowest BCUT2D eigenvalue weighted by molar-refractivity contribution is -0.0211. The van der Waals surface area contributed by atoms with Gasteiger partial charge in [0.1, 0.15) is 0 Å². The Kier molecular flexibility index (Phi) is 2.15. The monoisotopic (exact) mass is 172 g/mol. The molecule has 0 bridgehead atoms. The van der Waals surface area contributed by atoms with Crippen molar-refractivity contribution in [3.63, 3.8) is 0 Å². The summed E-state index contributed by atoms with van der Waals surface area (Å²) in [5, 5.41) is 0.516. The van der Waals surface area contributed by atoms with E-state index in [4.69, 9.17) is 4.74 Å². The molecular weight excluding hydrogens is 156 g/mol. The van der Waals surface area contributed by atoms with E-state index in [-0.39, 0.29) is 5.60 Å². The highest BCUT2D eigenvalue weighted by Crippen LogP contribution is 2.41. The van der Waals surface area contributed by atoms with Crippen molar-refractivity contribution >= 4 is 12.6 Å². The van der Waals surface area contributed by atoms with Gasteiger partial charge in [0, 0.05) is 11.9 Å². The van der Waals surface area contributed by atoms with Crippen molar-refractivity contribution in [1.29, 1.82) is 0 Å². The van der Waals surface area contributed by atoms with Gasteiger partial charge in [-0.25, -0.2) is 0 Å². The van der Waals surface area contributed by atoms with Crippen LogP contribution >= 0.6 is 12.6 Å². The molecule has 0 radical (unpaired) electrons. The molecule has 0 aromatic heterocycles. The topological polar surface area (TPSA) is 9.23 Å². The first-order chi connectivity index (χ1) is 5.33. The average Bonchev–Trinajstić information content (AvgIpc) is 2.36. The van der Waals surface area contributed by atoms with Crippen molar-refractivity contribution in [3.05, 3.63) is 0 Å². The van der Waals surface area contributed by atoms with Crippen LogP contribution in [0.3, 0.4) is 0 Å². The summed E-state index contributed by atoms with van der Waals surface area (Å²) in [6.45, 7) is 0.939. The largest absolute Gasteiger partial charge is 0.374 e. The van der Waals surface area contributed by atoms with Gasteiger partial charge in [0.05, 0.1) is 5.60 Å². The maximum Gasteiger partial charge on any atom is 0.0798 e. The molecule has 2 rings (SSSR count). The van der Waals surface area contributed by atoms with Gasteiger partial charge in [-0.2, -0.15) is 12.6 Å². The van der Waals surface area contributed by atoms with E-state index in [2.05, 4.69) is 12.6 Å². The Labute approximate surface area is 73.9 Å². The first-order valence-electron chi connectivity index (χ1n) is 4.66. The summed E-state index contributed by atoms with van der Waals surface area (Å²) in [4.78, 5) is 0. The summed E-state index contributed by atoms with van der Waals surface area (Å²) in [5.74, 6) is 0. The number of rotatable bonds is 0. The fourth-order valence-electron chi connectivity index (χ4n) is 2.36. The van der Waals surface area contributed by atoms with E-state index < -0.39 is 0 Å². The van der Waals surface area contributed by atoms with Crippen molar-refractivity contribution in [2.24, 2.45) is 0 Å². The van der Waals surface area contributed by atoms with E-state index in [0.29, 0.717) is 5.25 Å². The van der Waals surface area contributed by atoms with Crippen LogP contribution in [0.15, 0.2) is 0 Å². The van der Waals surface area contributed by atoms with Gasteiger partial charge in [-0.05, 0) is 19.3 Å². The van der Waals surface area contributed by atoms with Crippen molar-refractivity contribution in [2.75, 3.05) is 6.61 Å². The molecule has 1 unspecified atom stereocenters. The molecule has 0 aromatic carbocycles. The molecule has 11 heavy (non-hydrogen) atoms. The third-order valence-electron chi connectivity index (χ3n) is 3.09. The van der Waals surface area contributed by atoms with E-state index in [1.807, 2.05) is 0 Å². The molecule has 0 amide bonds. The summed E-state index contributed by atoms with van der Waals surface area (Å²) in [7, 11) is 0. The quantitative estimate of drug-likeness (QED) is 0.552. The zero-order chi connectivity index (χ0) is 7.73. The first kappa shape index (κ1) is 7.93. The van der Waals surface area contributed by atoms with E-state index in [0.717, 1.165) is 13.0 Å². The Balaban J connectivity index is 2.06. The second-order valence-corrected chi connectivity index (χ2v) is 4.40. The molecule has 1 saturated heterocycles. The highest BCUT2D eigenvalue weighted by molar-refractivity contribution is 7.81. The standard InChI is InChI=1S/C9H16OS/c11-8-4-7-10-9(8)5-2-1-3-6-9/h8,11H,1-7H2. The minimum Gasteiger partial charge on any atom is -0.374 e. The zero-order valence-corrected chi connectivity index (χ0v) is 7.78. The minimum atomic E-state index is 0.196. The molecule has 2 heteroatoms. The van der Waals surface area contributed by atoms with Gasteiger partial charge < -0.3 is 4.74 Å². The number of thiol groups is 1. The maximum absolute atomic E-state index is 5.82. The zero-order valence-electron chi connectivity index (χ0n) is 6.88. The summed E-state index contributed by atoms with van der Waals surface area (Å²) >= 11 is 4.60. The third-order valence-corrected chi connectivity index (χ3v) is 3.82. The summed E-state index contributed by atoms with van der Waals surface area (Å²) in [6, 6.07) is 0. The van der Waals surface area contributed by atoms with Gasteiger partial charge in [0.15, 0.2) is 0 Å². The Bertz CT molecular complexity index is 140. The van der Waals surface area contributed by atoms with Crippen LogP contribution in [0.25, 0.3) is 0 Å². The van der Waals surface area contributed by atoms with Crippen LogP contribution in [-0.4, -0.2) is 17.5 Å². The van der Waals surface area contributed by atoms with Gasteiger partial charge in [-0.1, -0.05) is 19.3 Å². The number of hydrogen-bond acceptors (Lipinski definition) is 2. The molecule has 64 valence electrons. The minimum absolute atomic E-state index is 0.196. The molecule has 0 aromatic rings. The second kappa shape index (κ2) is 2.98. The Morgan fingerprint density at radius 3 is 2.45 bits per heavy atom. The van der Waals surface area contributed by atoms with Crippen molar-refractivity contribution in [2.45, 2.75) is 49.4 Å². The SMILES string of the molecule is SC1CCOC12CCCCC2. The lowest BCUT2D eigenvalue weighted by Gasteiger charge is -2.35. The van der Waals surface area contributed by atoms with Crippen molar-refractivity contribution in [1.82, 2.24) is 0 Å². The van der Waals surface area contributed by atoms with Crippen LogP contribution in [0.1, 0.15) is 38.5 Å². The van der Waals surface area contributed by atoms with Crippen LogP contribution in [0.2, 0.25) is 0 Å². The normalized spacial score (nSPS) is 36.3. The van der Waals surface area contributed by atoms with E-state index in [9.17, 15) is 0 Å². The summed E-state index contributed by atoms with van der Waals surface area (Å²) in [6.07, 6.45) is 7.74. The van der Waals surface area contributed by atoms with E-state index in [1.165, 1.54) is 32.1 Å². The van der Waals surface area contributed by atoms with Gasteiger partial charge >= 0.3 is 0 Å². The van der Waals surface area contributed by atoms with Gasteiger partial charge in [0.25, 0.3) is 0 Å². The van der Waals surface area contributed by atoms with Crippen molar-refractivity contribution < 1.29 is 4.74 Å². The summed E-state index contributed by atoms with van der Waals surface area (Å²) < 4.78 is 5.82. The Hall–Kier alpha value is 0.310. The molecule has 0 N–H and O–H groups in total. The second-order valence-electron chi connectivity index (χ2n) is 3.78. The van der Waals surface area contributed by atoms with Crippen LogP contribution < -0.4 is 0 Å². The van der Waals surface area contributed by atoms with E-state index in [1.54, 1.807) is 0 Å². The van der Waals surface area contributed by atoms with Crippen LogP contribution in [0, 0.1) is 0 Å². The maximum atomic E-state index is 5.82. The van der Waals surface area contributed by atoms with Gasteiger partial charge in [0.2, 0.25) is 0 Å². The molecule has 2 fully saturated rings. The van der Waals surface area contributed by atoms with Gasteiger partial charge in [-0.3, -0.25) is 0 Å². The molecule has 1 spiro atoms. The van der Waals surface area contributed by atoms with Gasteiger partial charge in [-0.15, -0.1) is 0 Å². The third kappa shape index (κ3) is 1.31. The average molecular weight is 172 g/mol. The fraction of sp³-hybridized carbons (Fsp3) is 1.00. The molecule has 1 aliphatic heterocycles. The number of hydrogen-bond donors (Lipinski definition) is 1. The highest BCUT2D eigenvalue weighted by atomic mass is 32.1. The molecule has 1 nitrogen and oxygen atoms in total.